The Kier molecular flexibility index (Phi) is 5.09. The Hall–Kier alpha value is -2.45. The lowest BCUT2D eigenvalue weighted by Crippen LogP contribution is -2.29. The van der Waals surface area contributed by atoms with Gasteiger partial charge in [0.1, 0.15) is 10.0 Å². The van der Waals surface area contributed by atoms with E-state index in [1.165, 1.54) is 0 Å². The number of hydrogen-bond acceptors (Lipinski definition) is 7. The van der Waals surface area contributed by atoms with E-state index in [2.05, 4.69) is 25.7 Å². The number of anilines is 1. The predicted octanol–water partition coefficient (Wildman–Crippen LogP) is 3.60. The van der Waals surface area contributed by atoms with E-state index in [1.54, 1.807) is 18.4 Å². The van der Waals surface area contributed by atoms with Gasteiger partial charge in [-0.3, -0.25) is 4.79 Å². The number of nitrogens with zero attached hydrogens (tertiary/aromatic N) is 4. The lowest BCUT2D eigenvalue weighted by molar-refractivity contribution is -0.121. The average Bonchev–Trinajstić information content (AvgIpc) is 3.14. The molecule has 2 aromatic heterocycles. The van der Waals surface area contributed by atoms with Crippen LogP contribution in [0.3, 0.4) is 0 Å². The van der Waals surface area contributed by atoms with Gasteiger partial charge in [-0.05, 0) is 56.9 Å². The Bertz CT molecular complexity index is 966. The molecular weight excluding hydrogens is 362 g/mol. The molecule has 0 spiro atoms. The smallest absolute Gasteiger partial charge is 0.228 e. The standard InChI is InChI=1S/C19H21N5O2S/c1-11-21-24-19(27-11)13-5-8-16-14(9-13)10-17(23-22-16)20-18(25)12-3-6-15(26-2)7-4-12/h5,8-10,12,15H,3-4,6-7H2,1-2H3,(H,20,23,25)/t12-,15-. The number of aryl methyl sites for hydroxylation is 1. The Balaban J connectivity index is 1.51. The van der Waals surface area contributed by atoms with Crippen LogP contribution in [0.4, 0.5) is 5.82 Å². The van der Waals surface area contributed by atoms with Gasteiger partial charge in [0.15, 0.2) is 5.82 Å². The molecule has 1 aliphatic rings. The Labute approximate surface area is 161 Å². The average molecular weight is 383 g/mol. The molecule has 2 heterocycles. The number of carbonyl (C=O) groups is 1. The van der Waals surface area contributed by atoms with Crippen LogP contribution in [0.25, 0.3) is 21.5 Å². The van der Waals surface area contributed by atoms with E-state index in [0.717, 1.165) is 52.2 Å². The summed E-state index contributed by atoms with van der Waals surface area (Å²) in [5, 5.41) is 22.3. The van der Waals surface area contributed by atoms with Crippen LogP contribution in [0.5, 0.6) is 0 Å². The van der Waals surface area contributed by atoms with Crippen LogP contribution in [-0.4, -0.2) is 39.5 Å². The van der Waals surface area contributed by atoms with Crippen molar-refractivity contribution in [2.75, 3.05) is 12.4 Å². The van der Waals surface area contributed by atoms with E-state index in [-0.39, 0.29) is 17.9 Å². The third kappa shape index (κ3) is 3.96. The van der Waals surface area contributed by atoms with E-state index in [0.29, 0.717) is 5.82 Å². The summed E-state index contributed by atoms with van der Waals surface area (Å²) in [6.45, 7) is 1.93. The summed E-state index contributed by atoms with van der Waals surface area (Å²) < 4.78 is 5.37. The zero-order chi connectivity index (χ0) is 18.8. The number of benzene rings is 1. The van der Waals surface area contributed by atoms with Gasteiger partial charge in [0.05, 0.1) is 11.6 Å². The molecular formula is C19H21N5O2S. The summed E-state index contributed by atoms with van der Waals surface area (Å²) >= 11 is 1.55. The highest BCUT2D eigenvalue weighted by molar-refractivity contribution is 7.14. The predicted molar refractivity (Wildman–Crippen MR) is 105 cm³/mol. The first-order valence-corrected chi connectivity index (χ1v) is 9.85. The van der Waals surface area contributed by atoms with Gasteiger partial charge in [-0.2, -0.15) is 0 Å². The van der Waals surface area contributed by atoms with Crippen LogP contribution in [0, 0.1) is 12.8 Å². The van der Waals surface area contributed by atoms with Crippen molar-refractivity contribution in [3.8, 4) is 10.6 Å². The number of aromatic nitrogens is 4. The highest BCUT2D eigenvalue weighted by Crippen LogP contribution is 2.28. The summed E-state index contributed by atoms with van der Waals surface area (Å²) in [7, 11) is 1.73. The van der Waals surface area contributed by atoms with Crippen molar-refractivity contribution in [2.45, 2.75) is 38.7 Å². The molecule has 1 saturated carbocycles. The molecule has 27 heavy (non-hydrogen) atoms. The number of hydrogen-bond donors (Lipinski definition) is 1. The monoisotopic (exact) mass is 383 g/mol. The Morgan fingerprint density at radius 3 is 2.63 bits per heavy atom. The molecule has 0 atom stereocenters. The van der Waals surface area contributed by atoms with Gasteiger partial charge in [0.2, 0.25) is 5.91 Å². The lowest BCUT2D eigenvalue weighted by Gasteiger charge is -2.26. The quantitative estimate of drug-likeness (QED) is 0.740. The molecule has 1 fully saturated rings. The molecule has 1 aromatic carbocycles. The summed E-state index contributed by atoms with van der Waals surface area (Å²) in [6, 6.07) is 7.73. The lowest BCUT2D eigenvalue weighted by atomic mass is 9.87. The van der Waals surface area contributed by atoms with Crippen LogP contribution in [-0.2, 0) is 9.53 Å². The van der Waals surface area contributed by atoms with Crippen LogP contribution in [0.15, 0.2) is 24.3 Å². The van der Waals surface area contributed by atoms with Crippen LogP contribution >= 0.6 is 11.3 Å². The van der Waals surface area contributed by atoms with Crippen molar-refractivity contribution in [2.24, 2.45) is 5.92 Å². The molecule has 4 rings (SSSR count). The number of nitrogens with one attached hydrogen (secondary N) is 1. The fraction of sp³-hybridized carbons (Fsp3) is 0.421. The molecule has 0 saturated heterocycles. The molecule has 3 aromatic rings. The summed E-state index contributed by atoms with van der Waals surface area (Å²) in [5.74, 6) is 0.491. The number of fused-ring (bicyclic) bond motifs is 1. The van der Waals surface area contributed by atoms with E-state index in [9.17, 15) is 4.79 Å². The minimum absolute atomic E-state index is 0.00426. The first-order chi connectivity index (χ1) is 13.1. The molecule has 0 unspecified atom stereocenters. The SMILES string of the molecule is CO[C@H]1CC[C@H](C(=O)Nc2cc3cc(-c4nnc(C)s4)ccc3nn2)CC1. The minimum Gasteiger partial charge on any atom is -0.381 e. The van der Waals surface area contributed by atoms with E-state index < -0.39 is 0 Å². The molecule has 1 N–H and O–H groups in total. The second kappa shape index (κ2) is 7.66. The van der Waals surface area contributed by atoms with Crippen molar-refractivity contribution in [3.05, 3.63) is 29.3 Å². The summed E-state index contributed by atoms with van der Waals surface area (Å²) in [5.41, 5.74) is 1.76. The molecule has 0 aliphatic heterocycles. The van der Waals surface area contributed by atoms with Crippen LogP contribution < -0.4 is 5.32 Å². The van der Waals surface area contributed by atoms with Crippen molar-refractivity contribution in [3.63, 3.8) is 0 Å². The van der Waals surface area contributed by atoms with Crippen LogP contribution in [0.2, 0.25) is 0 Å². The number of rotatable bonds is 4. The van der Waals surface area contributed by atoms with Crippen molar-refractivity contribution in [1.29, 1.82) is 0 Å². The fourth-order valence-electron chi connectivity index (χ4n) is 3.44. The Morgan fingerprint density at radius 1 is 1.11 bits per heavy atom. The van der Waals surface area contributed by atoms with E-state index >= 15 is 0 Å². The minimum atomic E-state index is 0.00426. The molecule has 1 aliphatic carbocycles. The van der Waals surface area contributed by atoms with Gasteiger partial charge < -0.3 is 10.1 Å². The van der Waals surface area contributed by atoms with Gasteiger partial charge in [-0.25, -0.2) is 0 Å². The van der Waals surface area contributed by atoms with Gasteiger partial charge >= 0.3 is 0 Å². The maximum absolute atomic E-state index is 12.6. The van der Waals surface area contributed by atoms with Crippen molar-refractivity contribution >= 4 is 34.0 Å². The topological polar surface area (TPSA) is 89.9 Å². The zero-order valence-corrected chi connectivity index (χ0v) is 16.1. The highest BCUT2D eigenvalue weighted by Gasteiger charge is 2.26. The summed E-state index contributed by atoms with van der Waals surface area (Å²) in [6.07, 6.45) is 3.79. The molecule has 1 amide bonds. The van der Waals surface area contributed by atoms with Gasteiger partial charge in [-0.15, -0.1) is 20.4 Å². The van der Waals surface area contributed by atoms with Crippen molar-refractivity contribution < 1.29 is 9.53 Å². The van der Waals surface area contributed by atoms with Gasteiger partial charge in [0.25, 0.3) is 0 Å². The largest absolute Gasteiger partial charge is 0.381 e. The molecule has 0 bridgehead atoms. The van der Waals surface area contributed by atoms with Crippen LogP contribution in [0.1, 0.15) is 30.7 Å². The first-order valence-electron chi connectivity index (χ1n) is 9.04. The third-order valence-corrected chi connectivity index (χ3v) is 5.88. The van der Waals surface area contributed by atoms with E-state index in [1.807, 2.05) is 31.2 Å². The van der Waals surface area contributed by atoms with E-state index in [4.69, 9.17) is 4.74 Å². The van der Waals surface area contributed by atoms with Crippen molar-refractivity contribution in [1.82, 2.24) is 20.4 Å². The number of ether oxygens (including phenoxy) is 1. The van der Waals surface area contributed by atoms with Gasteiger partial charge in [-0.1, -0.05) is 11.3 Å². The molecule has 7 nitrogen and oxygen atoms in total. The third-order valence-electron chi connectivity index (χ3n) is 4.99. The second-order valence-corrected chi connectivity index (χ2v) is 8.01. The maximum Gasteiger partial charge on any atom is 0.228 e. The zero-order valence-electron chi connectivity index (χ0n) is 15.3. The Morgan fingerprint density at radius 2 is 1.93 bits per heavy atom. The second-order valence-electron chi connectivity index (χ2n) is 6.83. The summed E-state index contributed by atoms with van der Waals surface area (Å²) in [4.78, 5) is 12.6. The number of carbonyl (C=O) groups excluding carboxylic acids is 1. The fourth-order valence-corrected chi connectivity index (χ4v) is 4.13. The molecule has 140 valence electrons. The highest BCUT2D eigenvalue weighted by atomic mass is 32.1. The number of methoxy groups -OCH3 is 1. The van der Waals surface area contributed by atoms with Gasteiger partial charge in [0, 0.05) is 24.0 Å². The normalized spacial score (nSPS) is 19.9. The first kappa shape index (κ1) is 17.9. The molecule has 0 radical (unpaired) electrons. The molecule has 8 heteroatoms. The maximum atomic E-state index is 12.6. The number of amides is 1.